The van der Waals surface area contributed by atoms with Gasteiger partial charge in [0.05, 0.1) is 6.54 Å². The van der Waals surface area contributed by atoms with Gasteiger partial charge in [-0.2, -0.15) is 0 Å². The van der Waals surface area contributed by atoms with Crippen molar-refractivity contribution in [2.75, 3.05) is 32.7 Å². The van der Waals surface area contributed by atoms with Crippen LogP contribution in [0.25, 0.3) is 0 Å². The number of aryl methyl sites for hydroxylation is 2. The van der Waals surface area contributed by atoms with Crippen molar-refractivity contribution in [3.8, 4) is 0 Å². The SMILES string of the molecule is Cc1cc(C)nc(C2CCN(CC(=O)N3CCCC3)C2)n1. The highest BCUT2D eigenvalue weighted by molar-refractivity contribution is 5.78. The second-order valence-electron chi connectivity index (χ2n) is 6.32. The topological polar surface area (TPSA) is 49.3 Å². The summed E-state index contributed by atoms with van der Waals surface area (Å²) in [6.07, 6.45) is 3.37. The molecule has 1 amide bonds. The van der Waals surface area contributed by atoms with Crippen LogP contribution >= 0.6 is 0 Å². The maximum atomic E-state index is 12.2. The Labute approximate surface area is 126 Å². The van der Waals surface area contributed by atoms with Crippen LogP contribution in [0.3, 0.4) is 0 Å². The minimum atomic E-state index is 0.287. The van der Waals surface area contributed by atoms with E-state index in [4.69, 9.17) is 0 Å². The van der Waals surface area contributed by atoms with E-state index in [0.29, 0.717) is 12.5 Å². The van der Waals surface area contributed by atoms with E-state index in [1.165, 1.54) is 0 Å². The van der Waals surface area contributed by atoms with Gasteiger partial charge in [-0.15, -0.1) is 0 Å². The molecule has 1 aromatic heterocycles. The zero-order valence-electron chi connectivity index (χ0n) is 13.0. The maximum absolute atomic E-state index is 12.2. The number of aromatic nitrogens is 2. The van der Waals surface area contributed by atoms with Gasteiger partial charge in [-0.25, -0.2) is 9.97 Å². The molecule has 2 fully saturated rings. The molecule has 0 spiro atoms. The highest BCUT2D eigenvalue weighted by Gasteiger charge is 2.29. The molecule has 5 heteroatoms. The summed E-state index contributed by atoms with van der Waals surface area (Å²) >= 11 is 0. The van der Waals surface area contributed by atoms with E-state index in [0.717, 1.165) is 62.7 Å². The molecule has 3 rings (SSSR count). The van der Waals surface area contributed by atoms with E-state index >= 15 is 0 Å². The van der Waals surface area contributed by atoms with Crippen LogP contribution in [-0.2, 0) is 4.79 Å². The van der Waals surface area contributed by atoms with Gasteiger partial charge in [0, 0.05) is 36.9 Å². The fourth-order valence-electron chi connectivity index (χ4n) is 3.38. The molecular weight excluding hydrogens is 264 g/mol. The van der Waals surface area contributed by atoms with Crippen LogP contribution in [-0.4, -0.2) is 58.4 Å². The zero-order valence-corrected chi connectivity index (χ0v) is 13.0. The Bertz CT molecular complexity index is 505. The Balaban J connectivity index is 1.58. The van der Waals surface area contributed by atoms with Crippen molar-refractivity contribution >= 4 is 5.91 Å². The summed E-state index contributed by atoms with van der Waals surface area (Å²) < 4.78 is 0. The quantitative estimate of drug-likeness (QED) is 0.846. The molecule has 0 bridgehead atoms. The van der Waals surface area contributed by atoms with Gasteiger partial charge in [-0.05, 0) is 45.7 Å². The van der Waals surface area contributed by atoms with Crippen LogP contribution in [0.1, 0.15) is 42.4 Å². The number of nitrogens with zero attached hydrogens (tertiary/aromatic N) is 4. The molecule has 2 aliphatic rings. The number of rotatable bonds is 3. The Morgan fingerprint density at radius 3 is 2.52 bits per heavy atom. The molecular formula is C16H24N4O. The largest absolute Gasteiger partial charge is 0.342 e. The molecule has 0 aliphatic carbocycles. The second kappa shape index (κ2) is 6.10. The monoisotopic (exact) mass is 288 g/mol. The first-order valence-corrected chi connectivity index (χ1v) is 7.94. The van der Waals surface area contributed by atoms with Crippen LogP contribution < -0.4 is 0 Å². The van der Waals surface area contributed by atoms with Crippen LogP contribution in [0.15, 0.2) is 6.07 Å². The van der Waals surface area contributed by atoms with Crippen LogP contribution in [0.4, 0.5) is 0 Å². The number of hydrogen-bond acceptors (Lipinski definition) is 4. The third-order valence-corrected chi connectivity index (χ3v) is 4.45. The van der Waals surface area contributed by atoms with Crippen LogP contribution in [0, 0.1) is 13.8 Å². The van der Waals surface area contributed by atoms with Crippen molar-refractivity contribution < 1.29 is 4.79 Å². The lowest BCUT2D eigenvalue weighted by atomic mass is 10.1. The average molecular weight is 288 g/mol. The van der Waals surface area contributed by atoms with Crippen LogP contribution in [0.2, 0.25) is 0 Å². The van der Waals surface area contributed by atoms with Crippen LogP contribution in [0.5, 0.6) is 0 Å². The van der Waals surface area contributed by atoms with E-state index in [9.17, 15) is 4.79 Å². The van der Waals surface area contributed by atoms with Crippen molar-refractivity contribution in [2.45, 2.75) is 39.0 Å². The van der Waals surface area contributed by atoms with Gasteiger partial charge in [-0.3, -0.25) is 9.69 Å². The lowest BCUT2D eigenvalue weighted by Gasteiger charge is -2.20. The first-order chi connectivity index (χ1) is 10.1. The molecule has 1 aromatic rings. The summed E-state index contributed by atoms with van der Waals surface area (Å²) in [6.45, 7) is 8.35. The van der Waals surface area contributed by atoms with Crippen molar-refractivity contribution in [1.82, 2.24) is 19.8 Å². The Hall–Kier alpha value is -1.49. The summed E-state index contributed by atoms with van der Waals surface area (Å²) in [7, 11) is 0. The fraction of sp³-hybridized carbons (Fsp3) is 0.688. The zero-order chi connectivity index (χ0) is 14.8. The van der Waals surface area contributed by atoms with E-state index in [2.05, 4.69) is 14.9 Å². The van der Waals surface area contributed by atoms with Gasteiger partial charge >= 0.3 is 0 Å². The third kappa shape index (κ3) is 3.40. The number of likely N-dealkylation sites (tertiary alicyclic amines) is 2. The normalized spacial score (nSPS) is 23.0. The smallest absolute Gasteiger partial charge is 0.236 e. The number of hydrogen-bond donors (Lipinski definition) is 0. The predicted octanol–water partition coefficient (Wildman–Crippen LogP) is 1.51. The lowest BCUT2D eigenvalue weighted by Crippen LogP contribution is -2.37. The first kappa shape index (κ1) is 14.4. The van der Waals surface area contributed by atoms with E-state index in [1.807, 2.05) is 24.8 Å². The van der Waals surface area contributed by atoms with Gasteiger partial charge in [0.1, 0.15) is 5.82 Å². The van der Waals surface area contributed by atoms with Gasteiger partial charge < -0.3 is 4.90 Å². The minimum Gasteiger partial charge on any atom is -0.342 e. The highest BCUT2D eigenvalue weighted by atomic mass is 16.2. The summed E-state index contributed by atoms with van der Waals surface area (Å²) in [5.41, 5.74) is 2.06. The van der Waals surface area contributed by atoms with Gasteiger partial charge in [0.15, 0.2) is 0 Å². The van der Waals surface area contributed by atoms with E-state index in [1.54, 1.807) is 0 Å². The van der Waals surface area contributed by atoms with Gasteiger partial charge in [0.2, 0.25) is 5.91 Å². The van der Waals surface area contributed by atoms with Gasteiger partial charge in [0.25, 0.3) is 0 Å². The molecule has 5 nitrogen and oxygen atoms in total. The van der Waals surface area contributed by atoms with Crippen molar-refractivity contribution in [2.24, 2.45) is 0 Å². The molecule has 0 saturated carbocycles. The first-order valence-electron chi connectivity index (χ1n) is 7.94. The van der Waals surface area contributed by atoms with Gasteiger partial charge in [-0.1, -0.05) is 0 Å². The standard InChI is InChI=1S/C16H24N4O/c1-12-9-13(2)18-16(17-12)14-5-8-19(10-14)11-15(21)20-6-3-4-7-20/h9,14H,3-8,10-11H2,1-2H3. The summed E-state index contributed by atoms with van der Waals surface area (Å²) in [6, 6.07) is 2.01. The molecule has 3 heterocycles. The maximum Gasteiger partial charge on any atom is 0.236 e. The molecule has 1 atom stereocenters. The molecule has 2 aliphatic heterocycles. The van der Waals surface area contributed by atoms with Crippen molar-refractivity contribution in [3.63, 3.8) is 0 Å². The minimum absolute atomic E-state index is 0.287. The van der Waals surface area contributed by atoms with E-state index < -0.39 is 0 Å². The molecule has 2 saturated heterocycles. The Kier molecular flexibility index (Phi) is 4.19. The Morgan fingerprint density at radius 2 is 1.86 bits per heavy atom. The molecule has 1 unspecified atom stereocenters. The second-order valence-corrected chi connectivity index (χ2v) is 6.32. The lowest BCUT2D eigenvalue weighted by molar-refractivity contribution is -0.131. The van der Waals surface area contributed by atoms with E-state index in [-0.39, 0.29) is 5.91 Å². The molecule has 21 heavy (non-hydrogen) atoms. The predicted molar refractivity (Wildman–Crippen MR) is 81.1 cm³/mol. The molecule has 0 radical (unpaired) electrons. The Morgan fingerprint density at radius 1 is 1.19 bits per heavy atom. The number of carbonyl (C=O) groups is 1. The van der Waals surface area contributed by atoms with Crippen molar-refractivity contribution in [3.05, 3.63) is 23.3 Å². The summed E-state index contributed by atoms with van der Waals surface area (Å²) in [5, 5.41) is 0. The molecule has 114 valence electrons. The highest BCUT2D eigenvalue weighted by Crippen LogP contribution is 2.25. The fourth-order valence-corrected chi connectivity index (χ4v) is 3.38. The number of amides is 1. The van der Waals surface area contributed by atoms with Crippen molar-refractivity contribution in [1.29, 1.82) is 0 Å². The average Bonchev–Trinajstić information content (AvgIpc) is 3.08. The summed E-state index contributed by atoms with van der Waals surface area (Å²) in [5.74, 6) is 1.60. The third-order valence-electron chi connectivity index (χ3n) is 4.45. The molecule has 0 aromatic carbocycles. The molecule has 0 N–H and O–H groups in total. The summed E-state index contributed by atoms with van der Waals surface area (Å²) in [4.78, 5) is 25.6. The number of carbonyl (C=O) groups excluding carboxylic acids is 1.